The lowest BCUT2D eigenvalue weighted by Gasteiger charge is -2.25. The van der Waals surface area contributed by atoms with Crippen molar-refractivity contribution in [3.63, 3.8) is 0 Å². The van der Waals surface area contributed by atoms with E-state index < -0.39 is 0 Å². The number of fused-ring (bicyclic) bond motifs is 1. The molecule has 7 heteroatoms. The van der Waals surface area contributed by atoms with Gasteiger partial charge in [-0.3, -0.25) is 9.59 Å². The van der Waals surface area contributed by atoms with E-state index in [2.05, 4.69) is 15.3 Å². The molecule has 2 aromatic carbocycles. The highest BCUT2D eigenvalue weighted by Crippen LogP contribution is 2.26. The normalized spacial score (nSPS) is 18.5. The predicted octanol–water partition coefficient (Wildman–Crippen LogP) is 3.04. The summed E-state index contributed by atoms with van der Waals surface area (Å²) >= 11 is 0. The van der Waals surface area contributed by atoms with E-state index in [0.29, 0.717) is 12.0 Å². The summed E-state index contributed by atoms with van der Waals surface area (Å²) in [7, 11) is 1.83. The van der Waals surface area contributed by atoms with Crippen LogP contribution >= 0.6 is 0 Å². The maximum atomic E-state index is 12.9. The van der Waals surface area contributed by atoms with Crippen molar-refractivity contribution in [2.45, 2.75) is 44.7 Å². The molecule has 2 unspecified atom stereocenters. The maximum absolute atomic E-state index is 12.9. The van der Waals surface area contributed by atoms with Gasteiger partial charge in [0, 0.05) is 31.1 Å². The molecule has 1 aromatic heterocycles. The molecule has 4 rings (SSSR count). The van der Waals surface area contributed by atoms with Gasteiger partial charge in [-0.2, -0.15) is 0 Å². The Labute approximate surface area is 174 Å². The van der Waals surface area contributed by atoms with Gasteiger partial charge in [0.25, 0.3) is 5.91 Å². The Bertz CT molecular complexity index is 1130. The zero-order valence-corrected chi connectivity index (χ0v) is 17.2. The van der Waals surface area contributed by atoms with Gasteiger partial charge < -0.3 is 20.2 Å². The lowest BCUT2D eigenvalue weighted by molar-refractivity contribution is -0.121. The van der Waals surface area contributed by atoms with Crippen LogP contribution in [0.1, 0.15) is 43.0 Å². The van der Waals surface area contributed by atoms with Crippen LogP contribution < -0.4 is 11.0 Å². The first-order valence-electron chi connectivity index (χ1n) is 10.3. The second kappa shape index (κ2) is 8.18. The van der Waals surface area contributed by atoms with Gasteiger partial charge in [-0.15, -0.1) is 0 Å². The predicted molar refractivity (Wildman–Crippen MR) is 116 cm³/mol. The third kappa shape index (κ3) is 4.01. The fraction of sp³-hybridized carbons (Fsp3) is 0.348. The van der Waals surface area contributed by atoms with Gasteiger partial charge >= 0.3 is 5.69 Å². The van der Waals surface area contributed by atoms with Crippen LogP contribution in [0.25, 0.3) is 22.2 Å². The fourth-order valence-electron chi connectivity index (χ4n) is 4.16. The van der Waals surface area contributed by atoms with Crippen molar-refractivity contribution in [2.24, 2.45) is 0 Å². The third-order valence-electron chi connectivity index (χ3n) is 5.94. The Morgan fingerprint density at radius 3 is 2.47 bits per heavy atom. The summed E-state index contributed by atoms with van der Waals surface area (Å²) in [6.45, 7) is 1.84. The van der Waals surface area contributed by atoms with Crippen molar-refractivity contribution in [1.82, 2.24) is 20.2 Å². The molecule has 0 saturated heterocycles. The molecule has 0 aliphatic heterocycles. The molecule has 1 fully saturated rings. The number of hydrogen-bond acceptors (Lipinski definition) is 3. The van der Waals surface area contributed by atoms with Gasteiger partial charge in [0.05, 0.1) is 11.0 Å². The molecular formula is C23H26N4O3. The summed E-state index contributed by atoms with van der Waals surface area (Å²) in [6.07, 6.45) is 3.07. The first kappa shape index (κ1) is 19.9. The molecule has 0 spiro atoms. The third-order valence-corrected chi connectivity index (χ3v) is 5.94. The monoisotopic (exact) mass is 406 g/mol. The molecule has 3 aromatic rings. The van der Waals surface area contributed by atoms with Gasteiger partial charge in [-0.1, -0.05) is 25.1 Å². The van der Waals surface area contributed by atoms with Crippen LogP contribution in [0.5, 0.6) is 0 Å². The molecule has 1 heterocycles. The minimum Gasteiger partial charge on any atom is -0.353 e. The van der Waals surface area contributed by atoms with E-state index in [1.165, 1.54) is 0 Å². The largest absolute Gasteiger partial charge is 0.353 e. The molecule has 2 atom stereocenters. The van der Waals surface area contributed by atoms with Crippen LogP contribution in [0.15, 0.2) is 47.3 Å². The van der Waals surface area contributed by atoms with Crippen molar-refractivity contribution >= 4 is 22.8 Å². The summed E-state index contributed by atoms with van der Waals surface area (Å²) in [5, 5.41) is 3.03. The van der Waals surface area contributed by atoms with E-state index in [1.54, 1.807) is 4.90 Å². The molecule has 1 aliphatic carbocycles. The standard InChI is InChI=1S/C23H26N4O3/c1-3-21(28)24-17-9-10-18(13-17)27(2)22(29)15-6-4-14(5-7-15)16-8-11-19-20(12-16)26-23(30)25-19/h4-8,11-12,17-18H,3,9-10,13H2,1-2H3,(H,24,28)(H2,25,26,30). The van der Waals surface area contributed by atoms with Gasteiger partial charge in [-0.05, 0) is 54.7 Å². The Morgan fingerprint density at radius 2 is 1.73 bits per heavy atom. The molecule has 0 bridgehead atoms. The van der Waals surface area contributed by atoms with Gasteiger partial charge in [-0.25, -0.2) is 4.79 Å². The minimum absolute atomic E-state index is 0.0144. The topological polar surface area (TPSA) is 98.1 Å². The SMILES string of the molecule is CCC(=O)NC1CCC(N(C)C(=O)c2ccc(-c3ccc4[nH]c(=O)[nH]c4c3)cc2)C1. The smallest absolute Gasteiger partial charge is 0.323 e. The molecule has 7 nitrogen and oxygen atoms in total. The number of nitrogens with one attached hydrogen (secondary N) is 3. The van der Waals surface area contributed by atoms with Crippen LogP contribution in [-0.4, -0.2) is 45.8 Å². The summed E-state index contributed by atoms with van der Waals surface area (Å²) in [4.78, 5) is 43.3. The summed E-state index contributed by atoms with van der Waals surface area (Å²) in [5.41, 5.74) is 3.87. The number of carbonyl (C=O) groups is 2. The molecule has 3 N–H and O–H groups in total. The summed E-state index contributed by atoms with van der Waals surface area (Å²) in [6, 6.07) is 13.5. The van der Waals surface area contributed by atoms with Gasteiger partial charge in [0.15, 0.2) is 0 Å². The molecule has 156 valence electrons. The Morgan fingerprint density at radius 1 is 1.03 bits per heavy atom. The van der Waals surface area contributed by atoms with Crippen LogP contribution in [0.3, 0.4) is 0 Å². The molecule has 30 heavy (non-hydrogen) atoms. The Kier molecular flexibility index (Phi) is 5.44. The van der Waals surface area contributed by atoms with Crippen LogP contribution in [0.2, 0.25) is 0 Å². The zero-order chi connectivity index (χ0) is 21.3. The number of rotatable bonds is 5. The second-order valence-corrected chi connectivity index (χ2v) is 7.92. The van der Waals surface area contributed by atoms with Crippen molar-refractivity contribution < 1.29 is 9.59 Å². The van der Waals surface area contributed by atoms with E-state index in [4.69, 9.17) is 0 Å². The lowest BCUT2D eigenvalue weighted by Crippen LogP contribution is -2.38. The van der Waals surface area contributed by atoms with Crippen molar-refractivity contribution in [2.75, 3.05) is 7.05 Å². The highest BCUT2D eigenvalue weighted by Gasteiger charge is 2.30. The number of carbonyl (C=O) groups excluding carboxylic acids is 2. The minimum atomic E-state index is -0.227. The van der Waals surface area contributed by atoms with Crippen molar-refractivity contribution in [3.8, 4) is 11.1 Å². The first-order valence-corrected chi connectivity index (χ1v) is 10.3. The number of H-pyrrole nitrogens is 2. The van der Waals surface area contributed by atoms with Gasteiger partial charge in [0.2, 0.25) is 5.91 Å². The van der Waals surface area contributed by atoms with Crippen molar-refractivity contribution in [3.05, 3.63) is 58.5 Å². The fourth-order valence-corrected chi connectivity index (χ4v) is 4.16. The number of imidazole rings is 1. The van der Waals surface area contributed by atoms with E-state index in [-0.39, 0.29) is 29.6 Å². The lowest BCUT2D eigenvalue weighted by atomic mass is 10.0. The van der Waals surface area contributed by atoms with E-state index >= 15 is 0 Å². The molecule has 2 amide bonds. The molecule has 0 radical (unpaired) electrons. The number of benzene rings is 2. The molecule has 1 saturated carbocycles. The average Bonchev–Trinajstić information content (AvgIpc) is 3.37. The first-order chi connectivity index (χ1) is 14.4. The number of aromatic nitrogens is 2. The number of hydrogen-bond donors (Lipinski definition) is 3. The number of amides is 2. The number of nitrogens with zero attached hydrogens (tertiary/aromatic N) is 1. The summed E-state index contributed by atoms with van der Waals surface area (Å²) in [5.74, 6) is 0.0477. The highest BCUT2D eigenvalue weighted by molar-refractivity contribution is 5.95. The molecule has 1 aliphatic rings. The van der Waals surface area contributed by atoms with Crippen LogP contribution in [-0.2, 0) is 4.79 Å². The zero-order valence-electron chi connectivity index (χ0n) is 17.2. The van der Waals surface area contributed by atoms with E-state index in [9.17, 15) is 14.4 Å². The average molecular weight is 406 g/mol. The van der Waals surface area contributed by atoms with E-state index in [0.717, 1.165) is 41.4 Å². The second-order valence-electron chi connectivity index (χ2n) is 7.92. The number of aromatic amines is 2. The van der Waals surface area contributed by atoms with Gasteiger partial charge in [0.1, 0.15) is 0 Å². The van der Waals surface area contributed by atoms with E-state index in [1.807, 2.05) is 56.4 Å². The molecular weight excluding hydrogens is 380 g/mol. The van der Waals surface area contributed by atoms with Crippen LogP contribution in [0.4, 0.5) is 0 Å². The quantitative estimate of drug-likeness (QED) is 0.607. The van der Waals surface area contributed by atoms with Crippen molar-refractivity contribution in [1.29, 1.82) is 0 Å². The maximum Gasteiger partial charge on any atom is 0.323 e. The Balaban J connectivity index is 1.44. The highest BCUT2D eigenvalue weighted by atomic mass is 16.2. The Hall–Kier alpha value is -3.35. The van der Waals surface area contributed by atoms with Crippen LogP contribution in [0, 0.1) is 0 Å². The summed E-state index contributed by atoms with van der Waals surface area (Å²) < 4.78 is 0.